The Morgan fingerprint density at radius 3 is 2.67 bits per heavy atom. The summed E-state index contributed by atoms with van der Waals surface area (Å²) in [5.41, 5.74) is 6.13. The molecular formula is C10H13N7O4. The fourth-order valence-electron chi connectivity index (χ4n) is 1.73. The number of nitrogens with two attached hydrogens (primary N) is 1. The van der Waals surface area contributed by atoms with E-state index in [0.29, 0.717) is 12.2 Å². The van der Waals surface area contributed by atoms with E-state index < -0.39 is 24.4 Å². The van der Waals surface area contributed by atoms with Crippen LogP contribution in [-0.4, -0.2) is 53.2 Å². The number of rotatable bonds is 6. The van der Waals surface area contributed by atoms with E-state index in [9.17, 15) is 9.59 Å². The van der Waals surface area contributed by atoms with Gasteiger partial charge >= 0.3 is 11.9 Å². The van der Waals surface area contributed by atoms with E-state index in [1.54, 1.807) is 0 Å². The van der Waals surface area contributed by atoms with Crippen molar-refractivity contribution in [2.75, 3.05) is 11.1 Å². The van der Waals surface area contributed by atoms with E-state index in [2.05, 4.69) is 25.6 Å². The van der Waals surface area contributed by atoms with Gasteiger partial charge in [-0.15, -0.1) is 5.10 Å². The molecule has 11 nitrogen and oxygen atoms in total. The maximum absolute atomic E-state index is 11.1. The van der Waals surface area contributed by atoms with Gasteiger partial charge in [0.25, 0.3) is 0 Å². The van der Waals surface area contributed by atoms with Crippen molar-refractivity contribution in [2.45, 2.75) is 25.9 Å². The molecule has 0 spiro atoms. The Morgan fingerprint density at radius 1 is 1.38 bits per heavy atom. The molecule has 5 N–H and O–H groups in total. The van der Waals surface area contributed by atoms with Crippen LogP contribution >= 0.6 is 0 Å². The molecule has 0 bridgehead atoms. The van der Waals surface area contributed by atoms with E-state index >= 15 is 0 Å². The molecule has 11 heteroatoms. The minimum absolute atomic E-state index is 0.0332. The molecular weight excluding hydrogens is 282 g/mol. The number of nitrogens with one attached hydrogen (secondary N) is 1. The zero-order valence-corrected chi connectivity index (χ0v) is 11.0. The lowest BCUT2D eigenvalue weighted by molar-refractivity contribution is -0.144. The minimum Gasteiger partial charge on any atom is -0.481 e. The highest BCUT2D eigenvalue weighted by Crippen LogP contribution is 2.19. The largest absolute Gasteiger partial charge is 0.481 e. The monoisotopic (exact) mass is 295 g/mol. The lowest BCUT2D eigenvalue weighted by Crippen LogP contribution is -2.32. The molecule has 0 saturated heterocycles. The van der Waals surface area contributed by atoms with Crippen LogP contribution in [0.3, 0.4) is 0 Å². The van der Waals surface area contributed by atoms with Gasteiger partial charge in [-0.1, -0.05) is 5.21 Å². The van der Waals surface area contributed by atoms with E-state index in [4.69, 9.17) is 15.9 Å². The van der Waals surface area contributed by atoms with Crippen LogP contribution in [0, 0.1) is 0 Å². The molecule has 0 saturated carbocycles. The SMILES string of the molecule is CCn1nnc2c(NC(CC(=O)O)C(=O)O)nc(N)nc21. The molecule has 0 aliphatic rings. The summed E-state index contributed by atoms with van der Waals surface area (Å²) in [6.07, 6.45) is -0.622. The summed E-state index contributed by atoms with van der Waals surface area (Å²) in [4.78, 5) is 29.6. The van der Waals surface area contributed by atoms with Crippen molar-refractivity contribution in [3.05, 3.63) is 0 Å². The van der Waals surface area contributed by atoms with Gasteiger partial charge in [0.05, 0.1) is 6.42 Å². The lowest BCUT2D eigenvalue weighted by atomic mass is 10.2. The van der Waals surface area contributed by atoms with Crippen LogP contribution in [0.2, 0.25) is 0 Å². The Hall–Kier alpha value is -2.98. The third-order valence-electron chi connectivity index (χ3n) is 2.67. The molecule has 2 aromatic rings. The van der Waals surface area contributed by atoms with Gasteiger partial charge in [-0.05, 0) is 6.92 Å². The van der Waals surface area contributed by atoms with Crippen LogP contribution < -0.4 is 11.1 Å². The summed E-state index contributed by atoms with van der Waals surface area (Å²) in [6.45, 7) is 2.31. The van der Waals surface area contributed by atoms with Gasteiger partial charge < -0.3 is 21.3 Å². The van der Waals surface area contributed by atoms with Gasteiger partial charge in [0.1, 0.15) is 6.04 Å². The van der Waals surface area contributed by atoms with Crippen LogP contribution in [0.1, 0.15) is 13.3 Å². The molecule has 0 fully saturated rings. The summed E-state index contributed by atoms with van der Waals surface area (Å²) in [6, 6.07) is -1.37. The zero-order chi connectivity index (χ0) is 15.6. The molecule has 112 valence electrons. The molecule has 21 heavy (non-hydrogen) atoms. The fraction of sp³-hybridized carbons (Fsp3) is 0.400. The highest BCUT2D eigenvalue weighted by molar-refractivity contribution is 5.88. The number of carboxylic acid groups (broad SMARTS) is 2. The maximum atomic E-state index is 11.1. The Morgan fingerprint density at radius 2 is 2.10 bits per heavy atom. The van der Waals surface area contributed by atoms with E-state index in [0.717, 1.165) is 0 Å². The first-order chi connectivity index (χ1) is 9.92. The van der Waals surface area contributed by atoms with Gasteiger partial charge in [0.15, 0.2) is 17.0 Å². The highest BCUT2D eigenvalue weighted by atomic mass is 16.4. The minimum atomic E-state index is -1.37. The molecule has 1 unspecified atom stereocenters. The van der Waals surface area contributed by atoms with Crippen molar-refractivity contribution in [1.29, 1.82) is 0 Å². The molecule has 0 amide bonds. The standard InChI is InChI=1S/C10H13N7O4/c1-2-17-8-6(15-16-17)7(13-10(11)14-8)12-4(9(20)21)3-5(18)19/h4H,2-3H2,1H3,(H,18,19)(H,20,21)(H3,11,12,13,14). The van der Waals surface area contributed by atoms with Crippen molar-refractivity contribution in [2.24, 2.45) is 0 Å². The summed E-state index contributed by atoms with van der Waals surface area (Å²) in [5.74, 6) is -2.65. The molecule has 2 aromatic heterocycles. The first-order valence-corrected chi connectivity index (χ1v) is 6.00. The first-order valence-electron chi connectivity index (χ1n) is 6.00. The second kappa shape index (κ2) is 5.56. The number of nitrogens with zero attached hydrogens (tertiary/aromatic N) is 5. The molecule has 0 aliphatic carbocycles. The van der Waals surface area contributed by atoms with Crippen LogP contribution in [0.15, 0.2) is 0 Å². The lowest BCUT2D eigenvalue weighted by Gasteiger charge is -2.13. The highest BCUT2D eigenvalue weighted by Gasteiger charge is 2.24. The molecule has 2 rings (SSSR count). The zero-order valence-electron chi connectivity index (χ0n) is 11.0. The van der Waals surface area contributed by atoms with E-state index in [1.807, 2.05) is 6.92 Å². The number of aromatic nitrogens is 5. The quantitative estimate of drug-likeness (QED) is 0.527. The van der Waals surface area contributed by atoms with Crippen molar-refractivity contribution in [3.63, 3.8) is 0 Å². The van der Waals surface area contributed by atoms with Crippen LogP contribution in [0.25, 0.3) is 11.2 Å². The van der Waals surface area contributed by atoms with Crippen molar-refractivity contribution < 1.29 is 19.8 Å². The van der Waals surface area contributed by atoms with Gasteiger partial charge in [-0.3, -0.25) is 4.79 Å². The topological polar surface area (TPSA) is 169 Å². The third kappa shape index (κ3) is 2.96. The average molecular weight is 295 g/mol. The summed E-state index contributed by atoms with van der Waals surface area (Å²) >= 11 is 0. The van der Waals surface area contributed by atoms with Gasteiger partial charge in [0, 0.05) is 6.54 Å². The Bertz CT molecular complexity index is 698. The maximum Gasteiger partial charge on any atom is 0.326 e. The number of carboxylic acids is 2. The number of anilines is 2. The van der Waals surface area contributed by atoms with E-state index in [-0.39, 0.29) is 17.3 Å². The number of fused-ring (bicyclic) bond motifs is 1. The molecule has 0 radical (unpaired) electrons. The van der Waals surface area contributed by atoms with Crippen molar-refractivity contribution in [3.8, 4) is 0 Å². The smallest absolute Gasteiger partial charge is 0.326 e. The number of carbonyl (C=O) groups is 2. The van der Waals surface area contributed by atoms with Gasteiger partial charge in [-0.25, -0.2) is 9.48 Å². The number of nitrogen functional groups attached to an aromatic ring is 1. The summed E-state index contributed by atoms with van der Waals surface area (Å²) < 4.78 is 1.46. The first kappa shape index (κ1) is 14.4. The fourth-order valence-corrected chi connectivity index (χ4v) is 1.73. The van der Waals surface area contributed by atoms with Gasteiger partial charge in [-0.2, -0.15) is 9.97 Å². The number of aliphatic carboxylic acids is 2. The predicted octanol–water partition coefficient (Wildman–Crippen LogP) is -0.837. The normalized spacial score (nSPS) is 12.2. The Balaban J connectivity index is 2.43. The van der Waals surface area contributed by atoms with Crippen LogP contribution in [0.5, 0.6) is 0 Å². The Kier molecular flexibility index (Phi) is 3.82. The average Bonchev–Trinajstić information content (AvgIpc) is 2.80. The number of hydrogen-bond donors (Lipinski definition) is 4. The second-order valence-electron chi connectivity index (χ2n) is 4.14. The van der Waals surface area contributed by atoms with Crippen molar-refractivity contribution >= 4 is 34.9 Å². The van der Waals surface area contributed by atoms with Gasteiger partial charge in [0.2, 0.25) is 5.95 Å². The summed E-state index contributed by atoms with van der Waals surface area (Å²) in [5, 5.41) is 28.0. The molecule has 0 aliphatic heterocycles. The predicted molar refractivity (Wildman–Crippen MR) is 70.5 cm³/mol. The molecule has 2 heterocycles. The Labute approximate surface area is 117 Å². The van der Waals surface area contributed by atoms with Crippen LogP contribution in [0.4, 0.5) is 11.8 Å². The van der Waals surface area contributed by atoms with Crippen molar-refractivity contribution in [1.82, 2.24) is 25.0 Å². The third-order valence-corrected chi connectivity index (χ3v) is 2.67. The summed E-state index contributed by atoms with van der Waals surface area (Å²) in [7, 11) is 0. The molecule has 1 atom stereocenters. The number of hydrogen-bond acceptors (Lipinski definition) is 8. The van der Waals surface area contributed by atoms with E-state index in [1.165, 1.54) is 4.68 Å². The van der Waals surface area contributed by atoms with Crippen LogP contribution in [-0.2, 0) is 16.1 Å². The molecule has 0 aromatic carbocycles. The number of aryl methyl sites for hydroxylation is 1. The second-order valence-corrected chi connectivity index (χ2v) is 4.14.